The molecule has 15 atom stereocenters. The minimum atomic E-state index is -2.08. The molecule has 1 aromatic heterocycles. The number of methoxy groups -OCH3 is 1. The molecule has 3 aliphatic heterocycles. The van der Waals surface area contributed by atoms with Crippen molar-refractivity contribution in [2.75, 3.05) is 20.3 Å². The highest BCUT2D eigenvalue weighted by atomic mass is 16.8. The molecule has 0 bridgehead atoms. The van der Waals surface area contributed by atoms with Crippen LogP contribution in [0.1, 0.15) is 6.92 Å². The lowest BCUT2D eigenvalue weighted by Crippen LogP contribution is -2.65. The van der Waals surface area contributed by atoms with Crippen LogP contribution in [-0.2, 0) is 23.7 Å². The molecule has 2 aromatic carbocycles. The summed E-state index contributed by atoms with van der Waals surface area (Å²) in [6, 6.07) is 5.60. The average Bonchev–Trinajstić information content (AvgIpc) is 3.15. The van der Waals surface area contributed by atoms with Crippen LogP contribution in [0.25, 0.3) is 22.3 Å². The zero-order valence-corrected chi connectivity index (χ0v) is 29.0. The van der Waals surface area contributed by atoms with E-state index in [1.807, 2.05) is 0 Å². The number of benzene rings is 2. The Balaban J connectivity index is 1.41. The molecule has 12 N–H and O–H groups in total. The first-order valence-corrected chi connectivity index (χ1v) is 16.9. The van der Waals surface area contributed by atoms with Crippen molar-refractivity contribution in [2.45, 2.75) is 99.0 Å². The summed E-state index contributed by atoms with van der Waals surface area (Å²) in [6.07, 6.45) is -26.4. The Morgan fingerprint density at radius 1 is 0.709 bits per heavy atom. The number of aliphatic hydroxyl groups excluding tert-OH is 9. The van der Waals surface area contributed by atoms with Gasteiger partial charge in [-0.25, -0.2) is 0 Å². The van der Waals surface area contributed by atoms with E-state index in [1.165, 1.54) is 32.2 Å². The molecule has 3 saturated heterocycles. The summed E-state index contributed by atoms with van der Waals surface area (Å²) in [7, 11) is 1.25. The van der Waals surface area contributed by atoms with Gasteiger partial charge in [-0.2, -0.15) is 0 Å². The summed E-state index contributed by atoms with van der Waals surface area (Å²) in [6.45, 7) is -0.171. The Labute approximate surface area is 309 Å². The van der Waals surface area contributed by atoms with E-state index in [-0.39, 0.29) is 22.6 Å². The minimum absolute atomic E-state index is 0.0208. The summed E-state index contributed by atoms with van der Waals surface area (Å²) < 4.78 is 45.3. The number of hydrogen-bond donors (Lipinski definition) is 12. The van der Waals surface area contributed by atoms with E-state index in [0.29, 0.717) is 0 Å². The molecule has 0 saturated carbocycles. The fraction of sp³-hybridized carbons (Fsp3) is 0.559. The lowest BCUT2D eigenvalue weighted by atomic mass is 9.97. The van der Waals surface area contributed by atoms with Gasteiger partial charge >= 0.3 is 0 Å². The number of ether oxygens (including phenoxy) is 7. The predicted octanol–water partition coefficient (Wildman–Crippen LogP) is -3.56. The van der Waals surface area contributed by atoms with Crippen molar-refractivity contribution in [1.29, 1.82) is 0 Å². The Morgan fingerprint density at radius 3 is 2.05 bits per heavy atom. The van der Waals surface area contributed by atoms with E-state index < -0.39 is 139 Å². The van der Waals surface area contributed by atoms with Crippen LogP contribution in [0, 0.1) is 0 Å². The zero-order chi connectivity index (χ0) is 40.0. The maximum atomic E-state index is 14.2. The maximum absolute atomic E-state index is 14.2. The smallest absolute Gasteiger partial charge is 0.239 e. The van der Waals surface area contributed by atoms with E-state index >= 15 is 0 Å². The summed E-state index contributed by atoms with van der Waals surface area (Å²) in [4.78, 5) is 14.2. The number of phenolic OH excluding ortho intramolecular Hbond substituents is 3. The molecule has 3 fully saturated rings. The number of aromatic hydroxyl groups is 3. The Kier molecular flexibility index (Phi) is 12.1. The van der Waals surface area contributed by atoms with Crippen molar-refractivity contribution >= 4 is 11.0 Å². The second-order valence-electron chi connectivity index (χ2n) is 13.3. The third kappa shape index (κ3) is 7.77. The first kappa shape index (κ1) is 40.7. The van der Waals surface area contributed by atoms with Crippen LogP contribution in [0.3, 0.4) is 0 Å². The summed E-state index contributed by atoms with van der Waals surface area (Å²) >= 11 is 0. The number of fused-ring (bicyclic) bond motifs is 1. The highest BCUT2D eigenvalue weighted by Gasteiger charge is 2.52. The molecule has 0 amide bonds. The lowest BCUT2D eigenvalue weighted by molar-refractivity contribution is -0.362. The summed E-state index contributed by atoms with van der Waals surface area (Å²) in [5, 5.41) is 125. The van der Waals surface area contributed by atoms with Crippen LogP contribution in [0.5, 0.6) is 28.7 Å². The second kappa shape index (κ2) is 16.3. The molecular weight excluding hydrogens is 744 g/mol. The van der Waals surface area contributed by atoms with Gasteiger partial charge in [0.1, 0.15) is 83.5 Å². The van der Waals surface area contributed by atoms with Gasteiger partial charge < -0.3 is 98.9 Å². The second-order valence-corrected chi connectivity index (χ2v) is 13.3. The lowest BCUT2D eigenvalue weighted by Gasteiger charge is -2.46. The van der Waals surface area contributed by atoms with Crippen LogP contribution in [-0.4, -0.2) is 174 Å². The van der Waals surface area contributed by atoms with Gasteiger partial charge in [0.15, 0.2) is 35.9 Å². The highest BCUT2D eigenvalue weighted by Crippen LogP contribution is 2.40. The monoisotopic (exact) mass is 786 g/mol. The van der Waals surface area contributed by atoms with Crippen LogP contribution >= 0.6 is 0 Å². The van der Waals surface area contributed by atoms with E-state index in [1.54, 1.807) is 0 Å². The van der Waals surface area contributed by atoms with Crippen molar-refractivity contribution in [2.24, 2.45) is 0 Å². The Hall–Kier alpha value is -3.91. The van der Waals surface area contributed by atoms with Crippen LogP contribution < -0.4 is 14.9 Å². The molecule has 21 heteroatoms. The SMILES string of the molecule is COc1cc(-c2oc3cc(O)cc(O)c3c(=O)c2O[C@@H]2OC(CO[C@@H]3OC(C)[C@H](O)[C@H](O)C3O)[C@H](O)C(O)C2O[C@@H]2OC(CO)[C@@H](O)C(O)[C@H]2O)ccc1O. The standard InChI is InChI=1S/C34H42O21/c1-10-20(39)24(43)27(46)32(50-10)49-9-18-22(41)26(45)31(55-33-28(47)25(44)21(40)17(8-35)52-33)34(53-18)54-30-23(42)19-14(38)6-12(36)7-16(19)51-29(30)11-3-4-13(37)15(5-11)48-2/h3-7,10,17-18,20-22,24-28,31-41,43-47H,8-9H2,1-2H3/t10?,17?,18?,20-,21+,22-,24-,25?,26?,27?,28+,31?,32+,33-,34-/m0/s1. The van der Waals surface area contributed by atoms with Gasteiger partial charge in [-0.1, -0.05) is 0 Å². The normalized spacial score (nSPS) is 36.8. The van der Waals surface area contributed by atoms with Crippen LogP contribution in [0.15, 0.2) is 39.5 Å². The zero-order valence-electron chi connectivity index (χ0n) is 29.0. The average molecular weight is 787 g/mol. The van der Waals surface area contributed by atoms with Crippen LogP contribution in [0.4, 0.5) is 0 Å². The largest absolute Gasteiger partial charge is 0.508 e. The number of phenols is 3. The molecule has 7 unspecified atom stereocenters. The fourth-order valence-corrected chi connectivity index (χ4v) is 6.46. The molecule has 3 aromatic rings. The van der Waals surface area contributed by atoms with Gasteiger partial charge in [0.2, 0.25) is 17.5 Å². The molecule has 6 rings (SSSR count). The predicted molar refractivity (Wildman–Crippen MR) is 178 cm³/mol. The maximum Gasteiger partial charge on any atom is 0.239 e. The van der Waals surface area contributed by atoms with Gasteiger partial charge in [-0.05, 0) is 25.1 Å². The minimum Gasteiger partial charge on any atom is -0.508 e. The Bertz CT molecular complexity index is 1870. The Morgan fingerprint density at radius 2 is 1.36 bits per heavy atom. The van der Waals surface area contributed by atoms with Crippen molar-refractivity contribution in [3.05, 3.63) is 40.6 Å². The fourth-order valence-electron chi connectivity index (χ4n) is 6.46. The molecule has 0 aliphatic carbocycles. The van der Waals surface area contributed by atoms with Gasteiger partial charge in [-0.15, -0.1) is 0 Å². The molecule has 0 spiro atoms. The molecular formula is C34H42O21. The molecule has 55 heavy (non-hydrogen) atoms. The summed E-state index contributed by atoms with van der Waals surface area (Å²) in [5.74, 6) is -2.77. The highest BCUT2D eigenvalue weighted by molar-refractivity contribution is 5.88. The van der Waals surface area contributed by atoms with Gasteiger partial charge in [0.25, 0.3) is 0 Å². The van der Waals surface area contributed by atoms with Crippen molar-refractivity contribution in [3.8, 4) is 40.1 Å². The van der Waals surface area contributed by atoms with E-state index in [0.717, 1.165) is 12.1 Å². The third-order valence-corrected chi connectivity index (χ3v) is 9.61. The molecule has 21 nitrogen and oxygen atoms in total. The van der Waals surface area contributed by atoms with Crippen molar-refractivity contribution in [1.82, 2.24) is 0 Å². The number of aliphatic hydroxyl groups is 9. The topological polar surface area (TPSA) is 338 Å². The summed E-state index contributed by atoms with van der Waals surface area (Å²) in [5.41, 5.74) is -1.39. The number of hydrogen-bond acceptors (Lipinski definition) is 21. The quantitative estimate of drug-likeness (QED) is 0.0946. The van der Waals surface area contributed by atoms with Crippen molar-refractivity contribution in [3.63, 3.8) is 0 Å². The van der Waals surface area contributed by atoms with Gasteiger partial charge in [0.05, 0.1) is 26.4 Å². The van der Waals surface area contributed by atoms with Gasteiger partial charge in [-0.3, -0.25) is 4.79 Å². The van der Waals surface area contributed by atoms with Gasteiger partial charge in [0, 0.05) is 17.7 Å². The molecule has 0 radical (unpaired) electrons. The number of rotatable bonds is 10. The first-order chi connectivity index (χ1) is 26.1. The first-order valence-electron chi connectivity index (χ1n) is 16.9. The van der Waals surface area contributed by atoms with Crippen molar-refractivity contribution < 1.29 is 98.9 Å². The van der Waals surface area contributed by atoms with E-state index in [4.69, 9.17) is 37.6 Å². The molecule has 3 aliphatic rings. The molecule has 4 heterocycles. The molecule has 304 valence electrons. The third-order valence-electron chi connectivity index (χ3n) is 9.61. The van der Waals surface area contributed by atoms with Crippen LogP contribution in [0.2, 0.25) is 0 Å². The van der Waals surface area contributed by atoms with E-state index in [9.17, 15) is 66.1 Å². The van der Waals surface area contributed by atoms with E-state index in [2.05, 4.69) is 0 Å².